The summed E-state index contributed by atoms with van der Waals surface area (Å²) in [5.41, 5.74) is -0.501. The van der Waals surface area contributed by atoms with Gasteiger partial charge in [-0.25, -0.2) is 0 Å². The maximum atomic E-state index is 13.2. The molecule has 2 aliphatic rings. The Kier molecular flexibility index (Phi) is 6.87. The molecule has 1 amide bonds. The van der Waals surface area contributed by atoms with E-state index in [1.54, 1.807) is 11.1 Å². The van der Waals surface area contributed by atoms with E-state index in [9.17, 15) is 18.0 Å². The van der Waals surface area contributed by atoms with Crippen molar-refractivity contribution in [2.24, 2.45) is 0 Å². The van der Waals surface area contributed by atoms with Crippen molar-refractivity contribution in [1.82, 2.24) is 9.88 Å². The molecule has 2 saturated heterocycles. The predicted octanol–water partition coefficient (Wildman–Crippen LogP) is 1.68. The van der Waals surface area contributed by atoms with Crippen LogP contribution in [0.2, 0.25) is 5.02 Å². The first-order valence-electron chi connectivity index (χ1n) is 10.7. The topological polar surface area (TPSA) is 70.1 Å². The lowest BCUT2D eigenvalue weighted by Crippen LogP contribution is -2.53. The van der Waals surface area contributed by atoms with Crippen molar-refractivity contribution >= 4 is 33.2 Å². The zero-order chi connectivity index (χ0) is 24.6. The molecule has 7 nitrogen and oxygen atoms in total. The van der Waals surface area contributed by atoms with E-state index in [0.29, 0.717) is 25.1 Å². The highest BCUT2D eigenvalue weighted by Gasteiger charge is 2.57. The molecule has 2 aliphatic heterocycles. The number of pyridine rings is 1. The van der Waals surface area contributed by atoms with Gasteiger partial charge < -0.3 is 19.1 Å². The number of nitrogens with zero attached hydrogens (tertiary/aromatic N) is 2. The maximum Gasteiger partial charge on any atom is 0.522 e. The molecule has 0 unspecified atom stereocenters. The third kappa shape index (κ3) is 5.35. The summed E-state index contributed by atoms with van der Waals surface area (Å²) in [4.78, 5) is 19.3. The average molecular weight is 496 g/mol. The van der Waals surface area contributed by atoms with E-state index in [-0.39, 0.29) is 23.3 Å². The van der Waals surface area contributed by atoms with Crippen molar-refractivity contribution in [2.75, 3.05) is 26.3 Å². The van der Waals surface area contributed by atoms with Crippen LogP contribution < -0.4 is 4.74 Å². The molecule has 0 radical (unpaired) electrons. The van der Waals surface area contributed by atoms with Gasteiger partial charge >= 0.3 is 6.36 Å². The fourth-order valence-electron chi connectivity index (χ4n) is 4.34. The van der Waals surface area contributed by atoms with Crippen molar-refractivity contribution in [3.8, 4) is 5.75 Å². The van der Waals surface area contributed by atoms with Gasteiger partial charge in [0.15, 0.2) is 15.7 Å². The number of ether oxygens (including phenoxy) is 4. The Morgan fingerprint density at radius 3 is 2.74 bits per heavy atom. The third-order valence-corrected chi connectivity index (χ3v) is 5.98. The summed E-state index contributed by atoms with van der Waals surface area (Å²) in [5, 5.41) is 0.110. The van der Waals surface area contributed by atoms with Crippen molar-refractivity contribution < 1.29 is 36.9 Å². The number of carbonyl (C=O) groups excluding carboxylic acids is 1. The number of fused-ring (bicyclic) bond motifs is 1. The number of alkyl halides is 3. The highest BCUT2D eigenvalue weighted by atomic mass is 35.5. The van der Waals surface area contributed by atoms with Gasteiger partial charge in [0, 0.05) is 24.7 Å². The molecular formula is C21H22B2ClF3N2O5. The number of aromatic nitrogens is 1. The molecule has 1 aromatic carbocycles. The van der Waals surface area contributed by atoms with E-state index in [2.05, 4.69) is 9.72 Å². The standard InChI is InChI=1S/C21H22B2ClF3N2O5/c22-20(23)33-17-12-29(8-6-19(17,34-20)16-3-1-2-7-28-16)18(30)13-4-5-15(14(24)11-13)31-9-10-32-21(25,26)27/h1-5,7,11,17H,6,8-10,12,22-23H2/t17-,19-/m1/s1. The van der Waals surface area contributed by atoms with Crippen LogP contribution in [-0.4, -0.2) is 75.8 Å². The van der Waals surface area contributed by atoms with Crippen LogP contribution in [0, 0.1) is 0 Å². The Balaban J connectivity index is 1.44. The number of benzene rings is 1. The summed E-state index contributed by atoms with van der Waals surface area (Å²) in [5.74, 6) is -0.0946. The molecule has 0 spiro atoms. The van der Waals surface area contributed by atoms with E-state index in [1.165, 1.54) is 18.2 Å². The first kappa shape index (κ1) is 24.8. The lowest BCUT2D eigenvalue weighted by Gasteiger charge is -2.41. The lowest BCUT2D eigenvalue weighted by molar-refractivity contribution is -0.325. The molecule has 2 fully saturated rings. The monoisotopic (exact) mass is 496 g/mol. The van der Waals surface area contributed by atoms with Gasteiger partial charge in [0.25, 0.3) is 5.91 Å². The van der Waals surface area contributed by atoms with Crippen molar-refractivity contribution in [3.63, 3.8) is 0 Å². The maximum absolute atomic E-state index is 13.2. The van der Waals surface area contributed by atoms with Gasteiger partial charge in [0.05, 0.1) is 29.5 Å². The summed E-state index contributed by atoms with van der Waals surface area (Å²) >= 11 is 6.20. The summed E-state index contributed by atoms with van der Waals surface area (Å²) in [6.45, 7) is -0.311. The zero-order valence-corrected chi connectivity index (χ0v) is 19.4. The van der Waals surface area contributed by atoms with Crippen molar-refractivity contribution in [2.45, 2.75) is 30.1 Å². The van der Waals surface area contributed by atoms with E-state index in [0.717, 1.165) is 5.69 Å². The van der Waals surface area contributed by atoms with E-state index in [1.807, 2.05) is 33.9 Å². The molecule has 34 heavy (non-hydrogen) atoms. The molecule has 0 saturated carbocycles. The number of rotatable bonds is 6. The predicted molar refractivity (Wildman–Crippen MR) is 121 cm³/mol. The molecule has 2 aromatic rings. The largest absolute Gasteiger partial charge is 0.522 e. The van der Waals surface area contributed by atoms with Crippen LogP contribution in [0.3, 0.4) is 0 Å². The van der Waals surface area contributed by atoms with Gasteiger partial charge in [-0.3, -0.25) is 14.5 Å². The molecule has 1 aromatic heterocycles. The third-order valence-electron chi connectivity index (χ3n) is 5.68. The van der Waals surface area contributed by atoms with Crippen LogP contribution in [0.4, 0.5) is 13.2 Å². The van der Waals surface area contributed by atoms with Crippen molar-refractivity contribution in [1.29, 1.82) is 0 Å². The van der Waals surface area contributed by atoms with Gasteiger partial charge in [-0.1, -0.05) is 17.7 Å². The van der Waals surface area contributed by atoms with Crippen LogP contribution in [0.5, 0.6) is 5.75 Å². The molecule has 4 rings (SSSR count). The number of likely N-dealkylation sites (tertiary alicyclic amines) is 1. The van der Waals surface area contributed by atoms with Crippen LogP contribution in [-0.2, 0) is 19.8 Å². The number of piperidine rings is 1. The van der Waals surface area contributed by atoms with Crippen LogP contribution in [0.1, 0.15) is 22.5 Å². The molecule has 0 bridgehead atoms. The summed E-state index contributed by atoms with van der Waals surface area (Å²) in [6.07, 6.45) is -2.94. The minimum atomic E-state index is -4.73. The van der Waals surface area contributed by atoms with Crippen LogP contribution in [0.25, 0.3) is 0 Å². The first-order valence-corrected chi connectivity index (χ1v) is 11.1. The Hall–Kier alpha value is -2.27. The molecular weight excluding hydrogens is 474 g/mol. The fraction of sp³-hybridized carbons (Fsp3) is 0.429. The smallest absolute Gasteiger partial charge is 0.490 e. The van der Waals surface area contributed by atoms with Crippen molar-refractivity contribution in [3.05, 3.63) is 58.9 Å². The number of hydrogen-bond acceptors (Lipinski definition) is 6. The zero-order valence-electron chi connectivity index (χ0n) is 18.6. The van der Waals surface area contributed by atoms with Gasteiger partial charge in [0.1, 0.15) is 24.1 Å². The minimum absolute atomic E-state index is 0.110. The van der Waals surface area contributed by atoms with Gasteiger partial charge in [0.2, 0.25) is 0 Å². The minimum Gasteiger partial charge on any atom is -0.490 e. The fourth-order valence-corrected chi connectivity index (χ4v) is 4.58. The normalized spacial score (nSPS) is 24.0. The number of amides is 1. The van der Waals surface area contributed by atoms with Gasteiger partial charge in [-0.05, 0) is 30.3 Å². The summed E-state index contributed by atoms with van der Waals surface area (Å²) in [7, 11) is 3.67. The van der Waals surface area contributed by atoms with Gasteiger partial charge in [-0.15, -0.1) is 13.2 Å². The number of halogens is 4. The molecule has 3 heterocycles. The second-order valence-corrected chi connectivity index (χ2v) is 8.91. The Bertz CT molecular complexity index is 1050. The van der Waals surface area contributed by atoms with Crippen LogP contribution in [0.15, 0.2) is 42.6 Å². The van der Waals surface area contributed by atoms with E-state index >= 15 is 0 Å². The molecule has 2 atom stereocenters. The average Bonchev–Trinajstić information content (AvgIpc) is 3.07. The Morgan fingerprint density at radius 1 is 1.26 bits per heavy atom. The number of hydrogen-bond donors (Lipinski definition) is 0. The SMILES string of the molecule is BC1(B)O[C@@H]2CN(C(=O)c3ccc(OCCOC(F)(F)F)c(Cl)c3)CC[C@]2(c2ccccn2)O1. The second-order valence-electron chi connectivity index (χ2n) is 8.50. The summed E-state index contributed by atoms with van der Waals surface area (Å²) < 4.78 is 57.5. The highest BCUT2D eigenvalue weighted by Crippen LogP contribution is 2.46. The Labute approximate surface area is 201 Å². The quantitative estimate of drug-likeness (QED) is 0.448. The summed E-state index contributed by atoms with van der Waals surface area (Å²) in [6, 6.07) is 10.0. The van der Waals surface area contributed by atoms with E-state index in [4.69, 9.17) is 25.8 Å². The highest BCUT2D eigenvalue weighted by molar-refractivity contribution is 6.38. The number of carbonyl (C=O) groups is 1. The Morgan fingerprint density at radius 2 is 2.06 bits per heavy atom. The van der Waals surface area contributed by atoms with Gasteiger partial charge in [-0.2, -0.15) is 0 Å². The van der Waals surface area contributed by atoms with E-state index < -0.39 is 30.3 Å². The molecule has 0 N–H and O–H groups in total. The molecule has 180 valence electrons. The second kappa shape index (κ2) is 9.41. The molecule has 13 heteroatoms. The first-order chi connectivity index (χ1) is 16.0. The molecule has 0 aliphatic carbocycles. The van der Waals surface area contributed by atoms with Crippen LogP contribution >= 0.6 is 11.6 Å². The lowest BCUT2D eigenvalue weighted by atomic mass is 9.76.